The highest BCUT2D eigenvalue weighted by molar-refractivity contribution is 9.10. The van der Waals surface area contributed by atoms with Crippen molar-refractivity contribution in [2.45, 2.75) is 57.7 Å². The molecule has 0 spiro atoms. The summed E-state index contributed by atoms with van der Waals surface area (Å²) in [5.74, 6) is 0. The molecule has 1 N–H and O–H groups in total. The lowest BCUT2D eigenvalue weighted by molar-refractivity contribution is -0.00472. The first-order chi connectivity index (χ1) is 9.19. The molecule has 1 aromatic carbocycles. The van der Waals surface area contributed by atoms with Crippen LogP contribution in [0.3, 0.4) is 0 Å². The number of halogens is 1. The van der Waals surface area contributed by atoms with Gasteiger partial charge in [-0.05, 0) is 43.9 Å². The predicted octanol–water partition coefficient (Wildman–Crippen LogP) is 4.45. The quantitative estimate of drug-likeness (QED) is 0.863. The summed E-state index contributed by atoms with van der Waals surface area (Å²) in [5.41, 5.74) is 1.35. The molecule has 1 aromatic rings. The number of rotatable bonds is 5. The summed E-state index contributed by atoms with van der Waals surface area (Å²) in [5, 5.41) is 3.75. The van der Waals surface area contributed by atoms with Crippen LogP contribution in [0.4, 0.5) is 0 Å². The van der Waals surface area contributed by atoms with Gasteiger partial charge in [0, 0.05) is 23.2 Å². The second-order valence-electron chi connectivity index (χ2n) is 5.44. The van der Waals surface area contributed by atoms with E-state index in [-0.39, 0.29) is 0 Å². The zero-order chi connectivity index (χ0) is 13.7. The van der Waals surface area contributed by atoms with Crippen LogP contribution in [-0.4, -0.2) is 18.8 Å². The van der Waals surface area contributed by atoms with Crippen LogP contribution in [-0.2, 0) is 4.74 Å². The zero-order valence-electron chi connectivity index (χ0n) is 11.9. The van der Waals surface area contributed by atoms with E-state index in [2.05, 4.69) is 59.4 Å². The molecule has 1 aliphatic rings. The van der Waals surface area contributed by atoms with Crippen LogP contribution in [0.5, 0.6) is 0 Å². The molecular formula is C16H24BrNO. The molecule has 0 aliphatic carbocycles. The highest BCUT2D eigenvalue weighted by atomic mass is 79.9. The largest absolute Gasteiger partial charge is 0.378 e. The van der Waals surface area contributed by atoms with Crippen molar-refractivity contribution in [2.75, 3.05) is 6.61 Å². The van der Waals surface area contributed by atoms with Crippen molar-refractivity contribution in [3.8, 4) is 0 Å². The van der Waals surface area contributed by atoms with E-state index in [4.69, 9.17) is 4.74 Å². The molecule has 1 fully saturated rings. The van der Waals surface area contributed by atoms with E-state index >= 15 is 0 Å². The van der Waals surface area contributed by atoms with Gasteiger partial charge in [0.1, 0.15) is 0 Å². The third-order valence-electron chi connectivity index (χ3n) is 3.83. The second kappa shape index (κ2) is 7.41. The topological polar surface area (TPSA) is 21.3 Å². The van der Waals surface area contributed by atoms with E-state index in [1.54, 1.807) is 0 Å². The normalized spacial score (nSPS) is 25.2. The van der Waals surface area contributed by atoms with Crippen LogP contribution in [0.1, 0.15) is 51.1 Å². The van der Waals surface area contributed by atoms with Crippen LogP contribution < -0.4 is 5.32 Å². The Hall–Kier alpha value is -0.380. The summed E-state index contributed by atoms with van der Waals surface area (Å²) in [4.78, 5) is 0. The Bertz CT molecular complexity index is 377. The number of benzene rings is 1. The van der Waals surface area contributed by atoms with Crippen molar-refractivity contribution in [2.24, 2.45) is 0 Å². The van der Waals surface area contributed by atoms with E-state index in [0.29, 0.717) is 18.2 Å². The Balaban J connectivity index is 1.87. The molecule has 19 heavy (non-hydrogen) atoms. The van der Waals surface area contributed by atoms with Gasteiger partial charge in [0.15, 0.2) is 0 Å². The van der Waals surface area contributed by atoms with Gasteiger partial charge in [0.05, 0.1) is 6.10 Å². The summed E-state index contributed by atoms with van der Waals surface area (Å²) < 4.78 is 6.94. The van der Waals surface area contributed by atoms with E-state index < -0.39 is 0 Å². The first-order valence-electron chi connectivity index (χ1n) is 7.32. The predicted molar refractivity (Wildman–Crippen MR) is 83.4 cm³/mol. The molecule has 3 heteroatoms. The summed E-state index contributed by atoms with van der Waals surface area (Å²) in [7, 11) is 0. The second-order valence-corrected chi connectivity index (χ2v) is 6.36. The van der Waals surface area contributed by atoms with Gasteiger partial charge in [-0.1, -0.05) is 41.4 Å². The van der Waals surface area contributed by atoms with Crippen molar-refractivity contribution in [1.29, 1.82) is 0 Å². The van der Waals surface area contributed by atoms with Crippen LogP contribution in [0.15, 0.2) is 28.7 Å². The molecule has 1 saturated heterocycles. The maximum atomic E-state index is 5.81. The minimum absolute atomic E-state index is 0.401. The molecule has 2 unspecified atom stereocenters. The molecular weight excluding hydrogens is 302 g/mol. The van der Waals surface area contributed by atoms with Gasteiger partial charge in [-0.15, -0.1) is 0 Å². The first kappa shape index (κ1) is 15.0. The Labute approximate surface area is 125 Å². The summed E-state index contributed by atoms with van der Waals surface area (Å²) in [6, 6.07) is 9.58. The van der Waals surface area contributed by atoms with Gasteiger partial charge < -0.3 is 10.1 Å². The summed E-state index contributed by atoms with van der Waals surface area (Å²) in [6.07, 6.45) is 5.12. The lowest BCUT2D eigenvalue weighted by Gasteiger charge is -2.32. The minimum Gasteiger partial charge on any atom is -0.378 e. The molecule has 2 rings (SSSR count). The third kappa shape index (κ3) is 4.59. The van der Waals surface area contributed by atoms with Crippen molar-refractivity contribution in [3.05, 3.63) is 34.3 Å². The fourth-order valence-corrected chi connectivity index (χ4v) is 3.02. The van der Waals surface area contributed by atoms with Gasteiger partial charge in [0.25, 0.3) is 0 Å². The summed E-state index contributed by atoms with van der Waals surface area (Å²) >= 11 is 3.48. The van der Waals surface area contributed by atoms with Gasteiger partial charge in [-0.25, -0.2) is 0 Å². The third-order valence-corrected chi connectivity index (χ3v) is 4.36. The van der Waals surface area contributed by atoms with Crippen LogP contribution in [0.2, 0.25) is 0 Å². The molecule has 1 heterocycles. The smallest absolute Gasteiger partial charge is 0.0589 e. The molecule has 1 aliphatic heterocycles. The molecule has 106 valence electrons. The molecule has 0 saturated carbocycles. The van der Waals surface area contributed by atoms with Crippen molar-refractivity contribution < 1.29 is 4.74 Å². The average Bonchev–Trinajstić information content (AvgIpc) is 2.40. The van der Waals surface area contributed by atoms with Crippen molar-refractivity contribution >= 4 is 15.9 Å². The number of hydrogen-bond acceptors (Lipinski definition) is 2. The number of ether oxygens (including phenoxy) is 1. The Morgan fingerprint density at radius 2 is 2.11 bits per heavy atom. The van der Waals surface area contributed by atoms with E-state index in [1.807, 2.05) is 0 Å². The van der Waals surface area contributed by atoms with Crippen LogP contribution in [0, 0.1) is 0 Å². The van der Waals surface area contributed by atoms with Gasteiger partial charge in [-0.2, -0.15) is 0 Å². The first-order valence-corrected chi connectivity index (χ1v) is 8.11. The fraction of sp³-hybridized carbons (Fsp3) is 0.625. The molecule has 0 amide bonds. The molecule has 3 atom stereocenters. The number of hydrogen-bond donors (Lipinski definition) is 1. The lowest BCUT2D eigenvalue weighted by Crippen LogP contribution is -2.40. The standard InChI is InChI=1S/C16H24BrNO/c1-3-4-16-11-15(9-10-19-16)18-12(2)13-5-7-14(17)8-6-13/h5-8,12,15-16,18H,3-4,9-11H2,1-2H3/t12-,15?,16?/m0/s1. The maximum absolute atomic E-state index is 5.81. The highest BCUT2D eigenvalue weighted by Crippen LogP contribution is 2.22. The van der Waals surface area contributed by atoms with Crippen LogP contribution in [0.25, 0.3) is 0 Å². The molecule has 0 radical (unpaired) electrons. The average molecular weight is 326 g/mol. The highest BCUT2D eigenvalue weighted by Gasteiger charge is 2.23. The molecule has 0 aromatic heterocycles. The summed E-state index contributed by atoms with van der Waals surface area (Å²) in [6.45, 7) is 5.37. The van der Waals surface area contributed by atoms with Crippen molar-refractivity contribution in [1.82, 2.24) is 5.32 Å². The van der Waals surface area contributed by atoms with Gasteiger partial charge in [-0.3, -0.25) is 0 Å². The molecule has 2 nitrogen and oxygen atoms in total. The van der Waals surface area contributed by atoms with E-state index in [0.717, 1.165) is 23.9 Å². The van der Waals surface area contributed by atoms with Gasteiger partial charge in [0.2, 0.25) is 0 Å². The SMILES string of the molecule is CCCC1CC(N[C@@H](C)c2ccc(Br)cc2)CCO1. The van der Waals surface area contributed by atoms with Gasteiger partial charge >= 0.3 is 0 Å². The Morgan fingerprint density at radius 1 is 1.37 bits per heavy atom. The van der Waals surface area contributed by atoms with Crippen LogP contribution >= 0.6 is 15.9 Å². The Kier molecular flexibility index (Phi) is 5.86. The van der Waals surface area contributed by atoms with E-state index in [9.17, 15) is 0 Å². The minimum atomic E-state index is 0.401. The lowest BCUT2D eigenvalue weighted by atomic mass is 9.98. The fourth-order valence-electron chi connectivity index (χ4n) is 2.76. The van der Waals surface area contributed by atoms with E-state index in [1.165, 1.54) is 18.4 Å². The monoisotopic (exact) mass is 325 g/mol. The maximum Gasteiger partial charge on any atom is 0.0589 e. The zero-order valence-corrected chi connectivity index (χ0v) is 13.4. The molecule has 0 bridgehead atoms. The van der Waals surface area contributed by atoms with Crippen molar-refractivity contribution in [3.63, 3.8) is 0 Å². The Morgan fingerprint density at radius 3 is 2.79 bits per heavy atom. The number of nitrogens with one attached hydrogen (secondary N) is 1.